The third-order valence-corrected chi connectivity index (χ3v) is 2.64. The van der Waals surface area contributed by atoms with E-state index in [9.17, 15) is 5.11 Å². The summed E-state index contributed by atoms with van der Waals surface area (Å²) < 4.78 is 0. The van der Waals surface area contributed by atoms with E-state index in [1.807, 2.05) is 25.4 Å². The van der Waals surface area contributed by atoms with E-state index >= 15 is 0 Å². The van der Waals surface area contributed by atoms with E-state index in [0.717, 1.165) is 18.5 Å². The van der Waals surface area contributed by atoms with Crippen LogP contribution >= 0.6 is 0 Å². The van der Waals surface area contributed by atoms with E-state index in [0.29, 0.717) is 0 Å². The number of likely N-dealkylation sites (N-methyl/N-ethyl adjacent to an activating group) is 1. The Balaban J connectivity index is 2.25. The van der Waals surface area contributed by atoms with Gasteiger partial charge in [0.1, 0.15) is 0 Å². The molecule has 0 bridgehead atoms. The van der Waals surface area contributed by atoms with Crippen LogP contribution in [-0.2, 0) is 0 Å². The van der Waals surface area contributed by atoms with Crippen molar-refractivity contribution in [2.24, 2.45) is 0 Å². The monoisotopic (exact) mass is 178 g/mol. The fourth-order valence-corrected chi connectivity index (χ4v) is 1.95. The van der Waals surface area contributed by atoms with E-state index in [4.69, 9.17) is 0 Å². The Labute approximate surface area is 78.0 Å². The van der Waals surface area contributed by atoms with Gasteiger partial charge in [0, 0.05) is 18.9 Å². The van der Waals surface area contributed by atoms with Gasteiger partial charge in [-0.25, -0.2) is 0 Å². The molecule has 1 fully saturated rings. The number of aromatic nitrogens is 1. The minimum absolute atomic E-state index is 0.133. The third-order valence-electron chi connectivity index (χ3n) is 2.64. The lowest BCUT2D eigenvalue weighted by Gasteiger charge is -2.21. The standard InChI is InChI=1S/C10H14N2O/c1-12-6-4-9(13)10(12)8-3-2-5-11-7-8/h2-3,5,7,9-10,13H,4,6H2,1H3. The molecule has 0 aliphatic carbocycles. The summed E-state index contributed by atoms with van der Waals surface area (Å²) >= 11 is 0. The van der Waals surface area contributed by atoms with Gasteiger partial charge in [0.25, 0.3) is 0 Å². The molecule has 0 radical (unpaired) electrons. The van der Waals surface area contributed by atoms with Crippen molar-refractivity contribution in [3.63, 3.8) is 0 Å². The molecule has 1 saturated heterocycles. The van der Waals surface area contributed by atoms with Gasteiger partial charge < -0.3 is 5.11 Å². The average Bonchev–Trinajstić information content (AvgIpc) is 2.48. The number of aliphatic hydroxyl groups excluding tert-OH is 1. The quantitative estimate of drug-likeness (QED) is 0.691. The molecule has 2 unspecified atom stereocenters. The first kappa shape index (κ1) is 8.66. The summed E-state index contributed by atoms with van der Waals surface area (Å²) in [6.07, 6.45) is 4.20. The number of pyridine rings is 1. The lowest BCUT2D eigenvalue weighted by molar-refractivity contribution is 0.127. The Morgan fingerprint density at radius 2 is 2.46 bits per heavy atom. The van der Waals surface area contributed by atoms with Crippen molar-refractivity contribution in [2.45, 2.75) is 18.6 Å². The van der Waals surface area contributed by atoms with Gasteiger partial charge in [0.15, 0.2) is 0 Å². The van der Waals surface area contributed by atoms with Crippen LogP contribution in [0.15, 0.2) is 24.5 Å². The molecule has 0 amide bonds. The van der Waals surface area contributed by atoms with Crippen LogP contribution in [-0.4, -0.2) is 34.7 Å². The highest BCUT2D eigenvalue weighted by Gasteiger charge is 2.31. The van der Waals surface area contributed by atoms with Crippen molar-refractivity contribution in [2.75, 3.05) is 13.6 Å². The van der Waals surface area contributed by atoms with E-state index in [2.05, 4.69) is 9.88 Å². The van der Waals surface area contributed by atoms with Gasteiger partial charge >= 0.3 is 0 Å². The zero-order chi connectivity index (χ0) is 9.26. The molecule has 1 aromatic rings. The van der Waals surface area contributed by atoms with Gasteiger partial charge in [-0.15, -0.1) is 0 Å². The number of likely N-dealkylation sites (tertiary alicyclic amines) is 1. The van der Waals surface area contributed by atoms with Crippen LogP contribution in [0.5, 0.6) is 0 Å². The first-order valence-corrected chi connectivity index (χ1v) is 4.57. The molecule has 2 heterocycles. The molecule has 70 valence electrons. The maximum absolute atomic E-state index is 9.74. The molecule has 2 rings (SSSR count). The molecule has 1 aliphatic heterocycles. The molecule has 2 atom stereocenters. The second-order valence-corrected chi connectivity index (χ2v) is 3.57. The number of rotatable bonds is 1. The molecule has 3 nitrogen and oxygen atoms in total. The largest absolute Gasteiger partial charge is 0.391 e. The second kappa shape index (κ2) is 3.44. The average molecular weight is 178 g/mol. The van der Waals surface area contributed by atoms with Crippen molar-refractivity contribution in [1.82, 2.24) is 9.88 Å². The zero-order valence-electron chi connectivity index (χ0n) is 7.72. The van der Waals surface area contributed by atoms with Gasteiger partial charge in [-0.2, -0.15) is 0 Å². The summed E-state index contributed by atoms with van der Waals surface area (Å²) in [5.41, 5.74) is 1.11. The minimum Gasteiger partial charge on any atom is -0.391 e. The van der Waals surface area contributed by atoms with Crippen LogP contribution in [0.25, 0.3) is 0 Å². The van der Waals surface area contributed by atoms with Crippen LogP contribution in [0.1, 0.15) is 18.0 Å². The molecule has 3 heteroatoms. The summed E-state index contributed by atoms with van der Waals surface area (Å²) in [7, 11) is 2.04. The van der Waals surface area contributed by atoms with Crippen molar-refractivity contribution in [3.05, 3.63) is 30.1 Å². The van der Waals surface area contributed by atoms with Crippen LogP contribution in [0.3, 0.4) is 0 Å². The lowest BCUT2D eigenvalue weighted by atomic mass is 10.1. The van der Waals surface area contributed by atoms with Crippen molar-refractivity contribution in [3.8, 4) is 0 Å². The number of aliphatic hydroxyl groups is 1. The van der Waals surface area contributed by atoms with Gasteiger partial charge in [-0.3, -0.25) is 9.88 Å². The Hall–Kier alpha value is -0.930. The number of nitrogens with zero attached hydrogens (tertiary/aromatic N) is 2. The highest BCUT2D eigenvalue weighted by atomic mass is 16.3. The van der Waals surface area contributed by atoms with Gasteiger partial charge in [0.2, 0.25) is 0 Å². The highest BCUT2D eigenvalue weighted by Crippen LogP contribution is 2.29. The van der Waals surface area contributed by atoms with Crippen LogP contribution in [0.4, 0.5) is 0 Å². The molecule has 1 N–H and O–H groups in total. The predicted molar refractivity (Wildman–Crippen MR) is 50.2 cm³/mol. The maximum atomic E-state index is 9.74. The predicted octanol–water partition coefficient (Wildman–Crippen LogP) is 0.819. The first-order valence-electron chi connectivity index (χ1n) is 4.57. The Bertz CT molecular complexity index is 266. The maximum Gasteiger partial charge on any atom is 0.0749 e. The Morgan fingerprint density at radius 3 is 3.00 bits per heavy atom. The number of hydrogen-bond donors (Lipinski definition) is 1. The second-order valence-electron chi connectivity index (χ2n) is 3.57. The van der Waals surface area contributed by atoms with Crippen molar-refractivity contribution in [1.29, 1.82) is 0 Å². The summed E-state index contributed by atoms with van der Waals surface area (Å²) in [5.74, 6) is 0. The van der Waals surface area contributed by atoms with E-state index in [1.54, 1.807) is 6.20 Å². The van der Waals surface area contributed by atoms with Gasteiger partial charge in [-0.1, -0.05) is 6.07 Å². The molecule has 0 aromatic carbocycles. The Kier molecular flexibility index (Phi) is 2.29. The topological polar surface area (TPSA) is 36.4 Å². The van der Waals surface area contributed by atoms with Crippen molar-refractivity contribution < 1.29 is 5.11 Å². The van der Waals surface area contributed by atoms with Gasteiger partial charge in [0.05, 0.1) is 12.1 Å². The fourth-order valence-electron chi connectivity index (χ4n) is 1.95. The SMILES string of the molecule is CN1CCC(O)C1c1cccnc1. The van der Waals surface area contributed by atoms with Crippen molar-refractivity contribution >= 4 is 0 Å². The molecule has 1 aliphatic rings. The van der Waals surface area contributed by atoms with Crippen LogP contribution < -0.4 is 0 Å². The smallest absolute Gasteiger partial charge is 0.0749 e. The molecule has 0 saturated carbocycles. The Morgan fingerprint density at radius 1 is 1.62 bits per heavy atom. The summed E-state index contributed by atoms with van der Waals surface area (Å²) in [6, 6.07) is 4.06. The van der Waals surface area contributed by atoms with Crippen LogP contribution in [0.2, 0.25) is 0 Å². The highest BCUT2D eigenvalue weighted by molar-refractivity contribution is 5.17. The fraction of sp³-hybridized carbons (Fsp3) is 0.500. The first-order chi connectivity index (χ1) is 6.29. The number of hydrogen-bond acceptors (Lipinski definition) is 3. The summed E-state index contributed by atoms with van der Waals surface area (Å²) in [4.78, 5) is 6.23. The zero-order valence-corrected chi connectivity index (χ0v) is 7.72. The van der Waals surface area contributed by atoms with E-state index in [1.165, 1.54) is 0 Å². The molecular weight excluding hydrogens is 164 g/mol. The lowest BCUT2D eigenvalue weighted by Crippen LogP contribution is -2.23. The molecular formula is C10H14N2O. The molecule has 1 aromatic heterocycles. The molecule has 0 spiro atoms. The van der Waals surface area contributed by atoms with E-state index < -0.39 is 0 Å². The minimum atomic E-state index is -0.241. The summed E-state index contributed by atoms with van der Waals surface area (Å²) in [5, 5.41) is 9.74. The third kappa shape index (κ3) is 1.57. The van der Waals surface area contributed by atoms with Gasteiger partial charge in [-0.05, 0) is 25.1 Å². The normalized spacial score (nSPS) is 29.4. The molecule has 13 heavy (non-hydrogen) atoms. The van der Waals surface area contributed by atoms with Crippen LogP contribution in [0, 0.1) is 0 Å². The summed E-state index contributed by atoms with van der Waals surface area (Å²) in [6.45, 7) is 0.959. The van der Waals surface area contributed by atoms with E-state index in [-0.39, 0.29) is 12.1 Å².